The Kier molecular flexibility index (Phi) is 7.00. The van der Waals surface area contributed by atoms with E-state index in [9.17, 15) is 19.5 Å². The van der Waals surface area contributed by atoms with Crippen molar-refractivity contribution in [1.29, 1.82) is 0 Å². The SMILES string of the molecule is CC(=O)NC(Cc1ccc(O)cc1)C(=O)NC(Cc1c[nH]c2ccccc12)C(=O)Nc1nn[nH]n1. The van der Waals surface area contributed by atoms with E-state index >= 15 is 0 Å². The lowest BCUT2D eigenvalue weighted by Gasteiger charge is -2.22. The van der Waals surface area contributed by atoms with Gasteiger partial charge in [-0.25, -0.2) is 0 Å². The number of para-hydroxylation sites is 1. The van der Waals surface area contributed by atoms with Crippen LogP contribution in [0.15, 0.2) is 54.7 Å². The molecule has 0 saturated carbocycles. The molecule has 2 atom stereocenters. The summed E-state index contributed by atoms with van der Waals surface area (Å²) in [7, 11) is 0. The lowest BCUT2D eigenvalue weighted by molar-refractivity contribution is -0.130. The Morgan fingerprint density at radius 1 is 0.971 bits per heavy atom. The van der Waals surface area contributed by atoms with E-state index in [-0.39, 0.29) is 24.5 Å². The second-order valence-corrected chi connectivity index (χ2v) is 7.97. The van der Waals surface area contributed by atoms with Crippen molar-refractivity contribution in [3.63, 3.8) is 0 Å². The van der Waals surface area contributed by atoms with Crippen molar-refractivity contribution in [3.8, 4) is 5.75 Å². The first-order valence-corrected chi connectivity index (χ1v) is 10.8. The third-order valence-corrected chi connectivity index (χ3v) is 5.38. The maximum absolute atomic E-state index is 13.2. The molecule has 0 radical (unpaired) electrons. The molecule has 4 rings (SSSR count). The maximum Gasteiger partial charge on any atom is 0.269 e. The van der Waals surface area contributed by atoms with Gasteiger partial charge in [0.25, 0.3) is 5.95 Å². The van der Waals surface area contributed by atoms with Gasteiger partial charge in [-0.15, -0.1) is 5.10 Å². The number of nitrogens with one attached hydrogen (secondary N) is 5. The van der Waals surface area contributed by atoms with Gasteiger partial charge in [-0.05, 0) is 34.5 Å². The molecular weight excluding hydrogens is 452 g/mol. The Hall–Kier alpha value is -4.74. The first kappa shape index (κ1) is 23.4. The van der Waals surface area contributed by atoms with Crippen molar-refractivity contribution in [2.75, 3.05) is 5.32 Å². The third kappa shape index (κ3) is 5.99. The molecule has 0 saturated heterocycles. The number of fused-ring (bicyclic) bond motifs is 1. The fourth-order valence-corrected chi connectivity index (χ4v) is 3.74. The highest BCUT2D eigenvalue weighted by atomic mass is 16.3. The van der Waals surface area contributed by atoms with Crippen LogP contribution in [0.25, 0.3) is 10.9 Å². The number of H-pyrrole nitrogens is 2. The highest BCUT2D eigenvalue weighted by Crippen LogP contribution is 2.20. The number of nitrogens with zero attached hydrogens (tertiary/aromatic N) is 3. The summed E-state index contributed by atoms with van der Waals surface area (Å²) < 4.78 is 0. The molecule has 0 aliphatic rings. The number of amides is 3. The minimum atomic E-state index is -1.00. The summed E-state index contributed by atoms with van der Waals surface area (Å²) in [5, 5.41) is 31.5. The molecule has 0 spiro atoms. The molecule has 0 bridgehead atoms. The summed E-state index contributed by atoms with van der Waals surface area (Å²) in [6.45, 7) is 1.31. The van der Waals surface area contributed by atoms with Crippen molar-refractivity contribution < 1.29 is 19.5 Å². The number of phenolic OH excluding ortho intramolecular Hbond substituents is 1. The normalized spacial score (nSPS) is 12.6. The van der Waals surface area contributed by atoms with E-state index < -0.39 is 29.8 Å². The van der Waals surface area contributed by atoms with Crippen LogP contribution in [-0.4, -0.2) is 60.5 Å². The number of aromatic amines is 2. The number of tetrazole rings is 1. The predicted octanol–water partition coefficient (Wildman–Crippen LogP) is 0.800. The zero-order chi connectivity index (χ0) is 24.8. The van der Waals surface area contributed by atoms with Gasteiger partial charge < -0.3 is 20.7 Å². The van der Waals surface area contributed by atoms with Gasteiger partial charge in [0, 0.05) is 36.9 Å². The van der Waals surface area contributed by atoms with Crippen LogP contribution in [0.2, 0.25) is 0 Å². The largest absolute Gasteiger partial charge is 0.508 e. The average molecular weight is 476 g/mol. The molecule has 180 valence electrons. The number of hydrogen-bond donors (Lipinski definition) is 6. The van der Waals surface area contributed by atoms with Crippen molar-refractivity contribution in [1.82, 2.24) is 36.2 Å². The quantitative estimate of drug-likeness (QED) is 0.207. The van der Waals surface area contributed by atoms with Gasteiger partial charge in [-0.2, -0.15) is 5.21 Å². The topological polar surface area (TPSA) is 178 Å². The minimum absolute atomic E-state index is 0.0318. The van der Waals surface area contributed by atoms with Crippen molar-refractivity contribution in [2.24, 2.45) is 0 Å². The minimum Gasteiger partial charge on any atom is -0.508 e. The number of carbonyl (C=O) groups is 3. The van der Waals surface area contributed by atoms with Crippen molar-refractivity contribution in [2.45, 2.75) is 31.8 Å². The number of carbonyl (C=O) groups excluding carboxylic acids is 3. The van der Waals surface area contributed by atoms with Gasteiger partial charge in [0.15, 0.2) is 0 Å². The van der Waals surface area contributed by atoms with E-state index in [2.05, 4.69) is 41.6 Å². The van der Waals surface area contributed by atoms with Gasteiger partial charge in [0.05, 0.1) is 0 Å². The maximum atomic E-state index is 13.2. The van der Waals surface area contributed by atoms with E-state index in [0.29, 0.717) is 0 Å². The summed E-state index contributed by atoms with van der Waals surface area (Å²) in [6, 6.07) is 12.0. The molecule has 6 N–H and O–H groups in total. The summed E-state index contributed by atoms with van der Waals surface area (Å²) in [5.74, 6) is -1.42. The Balaban J connectivity index is 1.56. The molecule has 0 aliphatic carbocycles. The van der Waals surface area contributed by atoms with Gasteiger partial charge in [-0.1, -0.05) is 35.4 Å². The molecule has 0 fully saturated rings. The molecule has 0 aliphatic heterocycles. The first-order chi connectivity index (χ1) is 16.9. The van der Waals surface area contributed by atoms with E-state index in [0.717, 1.165) is 22.0 Å². The molecule has 35 heavy (non-hydrogen) atoms. The summed E-state index contributed by atoms with van der Waals surface area (Å²) >= 11 is 0. The molecule has 2 unspecified atom stereocenters. The van der Waals surface area contributed by atoms with E-state index in [1.54, 1.807) is 18.3 Å². The highest BCUT2D eigenvalue weighted by Gasteiger charge is 2.28. The molecule has 12 nitrogen and oxygen atoms in total. The number of rotatable bonds is 9. The number of hydrogen-bond acceptors (Lipinski definition) is 7. The Bertz CT molecular complexity index is 1320. The summed E-state index contributed by atoms with van der Waals surface area (Å²) in [5.41, 5.74) is 2.44. The number of phenols is 1. The summed E-state index contributed by atoms with van der Waals surface area (Å²) in [4.78, 5) is 41.3. The van der Waals surface area contributed by atoms with E-state index in [1.807, 2.05) is 24.3 Å². The van der Waals surface area contributed by atoms with Crippen LogP contribution in [0.3, 0.4) is 0 Å². The molecule has 2 heterocycles. The second kappa shape index (κ2) is 10.5. The summed E-state index contributed by atoms with van der Waals surface area (Å²) in [6.07, 6.45) is 2.12. The van der Waals surface area contributed by atoms with Crippen LogP contribution in [0, 0.1) is 0 Å². The molecule has 12 heteroatoms. The molecule has 4 aromatic rings. The lowest BCUT2D eigenvalue weighted by Crippen LogP contribution is -2.53. The van der Waals surface area contributed by atoms with Crippen LogP contribution in [-0.2, 0) is 27.2 Å². The fraction of sp³-hybridized carbons (Fsp3) is 0.217. The van der Waals surface area contributed by atoms with Crippen LogP contribution < -0.4 is 16.0 Å². The monoisotopic (exact) mass is 476 g/mol. The first-order valence-electron chi connectivity index (χ1n) is 10.8. The van der Waals surface area contributed by atoms with Gasteiger partial charge in [-0.3, -0.25) is 19.7 Å². The molecular formula is C23H24N8O4. The number of benzene rings is 2. The zero-order valence-corrected chi connectivity index (χ0v) is 18.8. The second-order valence-electron chi connectivity index (χ2n) is 7.97. The van der Waals surface area contributed by atoms with Gasteiger partial charge in [0.2, 0.25) is 17.7 Å². The highest BCUT2D eigenvalue weighted by molar-refractivity contribution is 5.98. The number of aromatic hydroxyl groups is 1. The lowest BCUT2D eigenvalue weighted by atomic mass is 10.0. The average Bonchev–Trinajstić information content (AvgIpc) is 3.49. The van der Waals surface area contributed by atoms with Gasteiger partial charge >= 0.3 is 0 Å². The predicted molar refractivity (Wildman–Crippen MR) is 126 cm³/mol. The van der Waals surface area contributed by atoms with Crippen LogP contribution in [0.5, 0.6) is 5.75 Å². The Morgan fingerprint density at radius 3 is 2.43 bits per heavy atom. The fourth-order valence-electron chi connectivity index (χ4n) is 3.74. The third-order valence-electron chi connectivity index (χ3n) is 5.38. The van der Waals surface area contributed by atoms with E-state index in [1.165, 1.54) is 19.1 Å². The van der Waals surface area contributed by atoms with Crippen molar-refractivity contribution in [3.05, 3.63) is 65.9 Å². The van der Waals surface area contributed by atoms with Crippen LogP contribution in [0.1, 0.15) is 18.1 Å². The van der Waals surface area contributed by atoms with Crippen LogP contribution in [0.4, 0.5) is 5.95 Å². The van der Waals surface area contributed by atoms with Crippen molar-refractivity contribution >= 4 is 34.6 Å². The van der Waals surface area contributed by atoms with E-state index in [4.69, 9.17) is 0 Å². The smallest absolute Gasteiger partial charge is 0.269 e. The molecule has 2 aromatic carbocycles. The number of anilines is 1. The Labute approximate surface area is 199 Å². The Morgan fingerprint density at radius 2 is 1.71 bits per heavy atom. The standard InChI is InChI=1S/C23H24N8O4/c1-13(32)25-19(10-14-6-8-16(33)9-7-14)21(34)26-20(22(35)27-23-28-30-31-29-23)11-15-12-24-18-5-3-2-4-17(15)18/h2-9,12,19-20,24,33H,10-11H2,1H3,(H,25,32)(H,26,34)(H2,27,28,29,30,31,35). The van der Waals surface area contributed by atoms with Crippen LogP contribution >= 0.6 is 0 Å². The number of aromatic nitrogens is 5. The molecule has 2 aromatic heterocycles. The molecule has 3 amide bonds. The van der Waals surface area contributed by atoms with Gasteiger partial charge in [0.1, 0.15) is 17.8 Å². The zero-order valence-electron chi connectivity index (χ0n) is 18.8.